The minimum Gasteiger partial charge on any atom is -0.448 e. The summed E-state index contributed by atoms with van der Waals surface area (Å²) < 4.78 is 5.27. The third-order valence-corrected chi connectivity index (χ3v) is 3.37. The molecule has 1 aromatic rings. The zero-order valence-corrected chi connectivity index (χ0v) is 10.6. The van der Waals surface area contributed by atoms with Crippen molar-refractivity contribution in [2.45, 2.75) is 37.8 Å². The van der Waals surface area contributed by atoms with Crippen molar-refractivity contribution >= 4 is 24.0 Å². The minimum absolute atomic E-state index is 0. The summed E-state index contributed by atoms with van der Waals surface area (Å²) in [5.74, 6) is 0.851. The summed E-state index contributed by atoms with van der Waals surface area (Å²) in [4.78, 5) is 0. The molecule has 0 spiro atoms. The van der Waals surface area contributed by atoms with E-state index in [2.05, 4.69) is 5.32 Å². The van der Waals surface area contributed by atoms with Crippen LogP contribution in [0.2, 0.25) is 5.22 Å². The number of nitrogens with one attached hydrogen (secondary N) is 1. The molecule has 0 radical (unpaired) electrons. The average molecular weight is 266 g/mol. The molecule has 1 aliphatic carbocycles. The molecule has 1 aliphatic rings. The normalized spacial score (nSPS) is 17.6. The van der Waals surface area contributed by atoms with Gasteiger partial charge in [0.1, 0.15) is 5.76 Å². The fraction of sp³-hybridized carbons (Fsp3) is 0.636. The van der Waals surface area contributed by atoms with Gasteiger partial charge in [0, 0.05) is 12.1 Å². The van der Waals surface area contributed by atoms with Crippen molar-refractivity contribution in [1.29, 1.82) is 0 Å². The number of aliphatic hydroxyl groups is 1. The highest BCUT2D eigenvalue weighted by Gasteiger charge is 2.35. The summed E-state index contributed by atoms with van der Waals surface area (Å²) >= 11 is 5.68. The van der Waals surface area contributed by atoms with E-state index in [0.717, 1.165) is 25.0 Å². The number of rotatable bonds is 5. The van der Waals surface area contributed by atoms with Crippen molar-refractivity contribution in [2.24, 2.45) is 0 Å². The van der Waals surface area contributed by atoms with Gasteiger partial charge in [-0.15, -0.1) is 12.4 Å². The molecule has 1 fully saturated rings. The van der Waals surface area contributed by atoms with Gasteiger partial charge in [-0.1, -0.05) is 0 Å². The molecule has 1 aromatic heterocycles. The van der Waals surface area contributed by atoms with Crippen LogP contribution in [0.4, 0.5) is 0 Å². The Morgan fingerprint density at radius 1 is 1.44 bits per heavy atom. The Morgan fingerprint density at radius 3 is 2.62 bits per heavy atom. The molecule has 5 heteroatoms. The van der Waals surface area contributed by atoms with Gasteiger partial charge in [0.05, 0.1) is 6.54 Å². The van der Waals surface area contributed by atoms with E-state index >= 15 is 0 Å². The molecule has 92 valence electrons. The summed E-state index contributed by atoms with van der Waals surface area (Å²) in [5, 5.41) is 12.9. The largest absolute Gasteiger partial charge is 0.448 e. The molecule has 1 heterocycles. The van der Waals surface area contributed by atoms with Gasteiger partial charge >= 0.3 is 0 Å². The molecule has 0 aliphatic heterocycles. The predicted molar refractivity (Wildman–Crippen MR) is 66.1 cm³/mol. The second-order valence-corrected chi connectivity index (χ2v) is 4.54. The van der Waals surface area contributed by atoms with E-state index in [9.17, 15) is 0 Å². The van der Waals surface area contributed by atoms with Crippen molar-refractivity contribution in [3.63, 3.8) is 0 Å². The van der Waals surface area contributed by atoms with Crippen LogP contribution in [0.15, 0.2) is 16.5 Å². The molecule has 16 heavy (non-hydrogen) atoms. The van der Waals surface area contributed by atoms with E-state index in [1.165, 1.54) is 6.42 Å². The highest BCUT2D eigenvalue weighted by atomic mass is 35.5. The minimum atomic E-state index is 0. The molecule has 0 amide bonds. The first-order chi connectivity index (χ1) is 7.24. The first-order valence-electron chi connectivity index (χ1n) is 5.34. The average Bonchev–Trinajstić information content (AvgIpc) is 2.56. The van der Waals surface area contributed by atoms with Gasteiger partial charge in [0.25, 0.3) is 0 Å². The molecule has 0 saturated heterocycles. The number of hydrogen-bond donors (Lipinski definition) is 2. The zero-order chi connectivity index (χ0) is 10.7. The summed E-state index contributed by atoms with van der Waals surface area (Å²) in [6.45, 7) is 0.929. The topological polar surface area (TPSA) is 45.4 Å². The van der Waals surface area contributed by atoms with Crippen LogP contribution in [0, 0.1) is 0 Å². The van der Waals surface area contributed by atoms with Crippen LogP contribution in [0.5, 0.6) is 0 Å². The first-order valence-corrected chi connectivity index (χ1v) is 5.72. The Labute approximate surface area is 107 Å². The van der Waals surface area contributed by atoms with E-state index in [0.29, 0.717) is 11.8 Å². The smallest absolute Gasteiger partial charge is 0.193 e. The predicted octanol–water partition coefficient (Wildman–Crippen LogP) is 2.75. The van der Waals surface area contributed by atoms with Crippen LogP contribution in [0.25, 0.3) is 0 Å². The maximum atomic E-state index is 8.98. The summed E-state index contributed by atoms with van der Waals surface area (Å²) in [5.41, 5.74) is 0.133. The van der Waals surface area contributed by atoms with E-state index in [-0.39, 0.29) is 24.6 Å². The lowest BCUT2D eigenvalue weighted by atomic mass is 9.74. The van der Waals surface area contributed by atoms with E-state index < -0.39 is 0 Å². The Hall–Kier alpha value is -0.220. The standard InChI is InChI=1S/C11H16ClNO2.ClH/c12-10-3-2-9(15-10)8-13-11(6-7-14)4-1-5-11;/h2-3,13-14H,1,4-8H2;1H. The summed E-state index contributed by atoms with van der Waals surface area (Å²) in [7, 11) is 0. The molecule has 0 unspecified atom stereocenters. The van der Waals surface area contributed by atoms with Gasteiger partial charge in [-0.2, -0.15) is 0 Å². The quantitative estimate of drug-likeness (QED) is 0.861. The van der Waals surface area contributed by atoms with Gasteiger partial charge in [0.2, 0.25) is 0 Å². The Morgan fingerprint density at radius 2 is 2.19 bits per heavy atom. The van der Waals surface area contributed by atoms with Gasteiger partial charge in [-0.3, -0.25) is 0 Å². The Balaban J connectivity index is 0.00000128. The van der Waals surface area contributed by atoms with E-state index in [1.54, 1.807) is 6.07 Å². The first kappa shape index (κ1) is 13.8. The van der Waals surface area contributed by atoms with Gasteiger partial charge in [-0.05, 0) is 49.4 Å². The maximum Gasteiger partial charge on any atom is 0.193 e. The molecule has 3 nitrogen and oxygen atoms in total. The van der Waals surface area contributed by atoms with Crippen molar-refractivity contribution < 1.29 is 9.52 Å². The highest BCUT2D eigenvalue weighted by Crippen LogP contribution is 2.35. The number of aliphatic hydroxyl groups excluding tert-OH is 1. The van der Waals surface area contributed by atoms with Crippen LogP contribution in [-0.2, 0) is 6.54 Å². The second kappa shape index (κ2) is 5.92. The SMILES string of the molecule is Cl.OCCC1(NCc2ccc(Cl)o2)CCC1. The molecular weight excluding hydrogens is 249 g/mol. The molecule has 1 saturated carbocycles. The number of furan rings is 1. The lowest BCUT2D eigenvalue weighted by Crippen LogP contribution is -2.51. The second-order valence-electron chi connectivity index (χ2n) is 4.17. The van der Waals surface area contributed by atoms with Gasteiger partial charge in [0.15, 0.2) is 5.22 Å². The molecule has 0 bridgehead atoms. The van der Waals surface area contributed by atoms with Crippen LogP contribution in [0.3, 0.4) is 0 Å². The highest BCUT2D eigenvalue weighted by molar-refractivity contribution is 6.28. The lowest BCUT2D eigenvalue weighted by molar-refractivity contribution is 0.127. The summed E-state index contributed by atoms with van der Waals surface area (Å²) in [6.07, 6.45) is 4.34. The number of halogens is 2. The monoisotopic (exact) mass is 265 g/mol. The fourth-order valence-corrected chi connectivity index (χ4v) is 2.22. The van der Waals surface area contributed by atoms with Crippen LogP contribution in [0.1, 0.15) is 31.4 Å². The Bertz CT molecular complexity index is 324. The van der Waals surface area contributed by atoms with E-state index in [4.69, 9.17) is 21.1 Å². The van der Waals surface area contributed by atoms with Crippen molar-refractivity contribution in [1.82, 2.24) is 5.32 Å². The maximum absolute atomic E-state index is 8.98. The fourth-order valence-electron chi connectivity index (χ4n) is 2.05. The molecule has 2 N–H and O–H groups in total. The van der Waals surface area contributed by atoms with E-state index in [1.807, 2.05) is 6.07 Å². The van der Waals surface area contributed by atoms with Crippen molar-refractivity contribution in [2.75, 3.05) is 6.61 Å². The van der Waals surface area contributed by atoms with Crippen molar-refractivity contribution in [3.8, 4) is 0 Å². The number of hydrogen-bond acceptors (Lipinski definition) is 3. The molecule has 0 atom stereocenters. The molecule has 2 rings (SSSR count). The van der Waals surface area contributed by atoms with Crippen LogP contribution >= 0.6 is 24.0 Å². The molecule has 0 aromatic carbocycles. The van der Waals surface area contributed by atoms with Crippen LogP contribution < -0.4 is 5.32 Å². The zero-order valence-electron chi connectivity index (χ0n) is 9.04. The van der Waals surface area contributed by atoms with Crippen LogP contribution in [-0.4, -0.2) is 17.3 Å². The van der Waals surface area contributed by atoms with Gasteiger partial charge in [-0.25, -0.2) is 0 Å². The van der Waals surface area contributed by atoms with Crippen molar-refractivity contribution in [3.05, 3.63) is 23.1 Å². The molecular formula is C11H17Cl2NO2. The third kappa shape index (κ3) is 3.14. The van der Waals surface area contributed by atoms with Gasteiger partial charge < -0.3 is 14.8 Å². The Kier molecular flexibility index (Phi) is 5.12. The summed E-state index contributed by atoms with van der Waals surface area (Å²) in [6, 6.07) is 3.62. The lowest BCUT2D eigenvalue weighted by Gasteiger charge is -2.42. The third-order valence-electron chi connectivity index (χ3n) is 3.17.